The van der Waals surface area contributed by atoms with Gasteiger partial charge in [-0.05, 0) is 50.5 Å². The molecule has 138 valence electrons. The smallest absolute Gasteiger partial charge is 0.0774 e. The number of fused-ring (bicyclic) bond motifs is 1. The molecule has 1 aromatic carbocycles. The maximum absolute atomic E-state index is 11.2. The first-order valence-corrected chi connectivity index (χ1v) is 9.96. The summed E-state index contributed by atoms with van der Waals surface area (Å²) in [4.78, 5) is 4.91. The fourth-order valence-electron chi connectivity index (χ4n) is 5.25. The van der Waals surface area contributed by atoms with E-state index in [9.17, 15) is 10.2 Å². The first-order chi connectivity index (χ1) is 12.0. The molecule has 0 unspecified atom stereocenters. The van der Waals surface area contributed by atoms with Gasteiger partial charge in [-0.3, -0.25) is 9.80 Å². The molecule has 4 rings (SSSR count). The van der Waals surface area contributed by atoms with Crippen LogP contribution in [0.4, 0.5) is 0 Å². The molecule has 25 heavy (non-hydrogen) atoms. The van der Waals surface area contributed by atoms with Crippen molar-refractivity contribution in [3.05, 3.63) is 35.9 Å². The third-order valence-electron chi connectivity index (χ3n) is 6.76. The van der Waals surface area contributed by atoms with Crippen molar-refractivity contribution in [2.45, 2.75) is 68.7 Å². The Bertz CT molecular complexity index is 571. The second-order valence-corrected chi connectivity index (χ2v) is 8.69. The quantitative estimate of drug-likeness (QED) is 0.883. The van der Waals surface area contributed by atoms with Crippen LogP contribution in [0.5, 0.6) is 0 Å². The average molecular weight is 344 g/mol. The number of benzene rings is 1. The number of piperazine rings is 1. The van der Waals surface area contributed by atoms with Crippen LogP contribution in [0.1, 0.15) is 50.5 Å². The molecule has 3 aliphatic rings. The maximum atomic E-state index is 11.2. The van der Waals surface area contributed by atoms with Gasteiger partial charge in [0.2, 0.25) is 0 Å². The van der Waals surface area contributed by atoms with Crippen LogP contribution < -0.4 is 0 Å². The zero-order valence-electron chi connectivity index (χ0n) is 15.3. The summed E-state index contributed by atoms with van der Waals surface area (Å²) in [5.74, 6) is 0.598. The molecule has 2 aliphatic heterocycles. The van der Waals surface area contributed by atoms with Crippen LogP contribution in [-0.2, 0) is 0 Å². The van der Waals surface area contributed by atoms with E-state index < -0.39 is 5.60 Å². The number of aliphatic hydroxyl groups excluding tert-OH is 1. The summed E-state index contributed by atoms with van der Waals surface area (Å²) >= 11 is 0. The van der Waals surface area contributed by atoms with Crippen molar-refractivity contribution >= 4 is 0 Å². The van der Waals surface area contributed by atoms with Crippen LogP contribution in [0.2, 0.25) is 0 Å². The lowest BCUT2D eigenvalue weighted by Gasteiger charge is -2.46. The highest BCUT2D eigenvalue weighted by atomic mass is 16.3. The van der Waals surface area contributed by atoms with Gasteiger partial charge in [0, 0.05) is 38.3 Å². The van der Waals surface area contributed by atoms with E-state index in [2.05, 4.69) is 47.1 Å². The highest BCUT2D eigenvalue weighted by Crippen LogP contribution is 2.39. The van der Waals surface area contributed by atoms with Gasteiger partial charge in [-0.25, -0.2) is 0 Å². The minimum absolute atomic E-state index is 0.165. The van der Waals surface area contributed by atoms with Crippen molar-refractivity contribution in [1.29, 1.82) is 0 Å². The van der Waals surface area contributed by atoms with Gasteiger partial charge < -0.3 is 10.2 Å². The van der Waals surface area contributed by atoms with Gasteiger partial charge >= 0.3 is 0 Å². The van der Waals surface area contributed by atoms with E-state index in [0.29, 0.717) is 18.0 Å². The molecule has 0 spiro atoms. The fourth-order valence-corrected chi connectivity index (χ4v) is 5.25. The average Bonchev–Trinajstić information content (AvgIpc) is 2.95. The van der Waals surface area contributed by atoms with Crippen LogP contribution in [0, 0.1) is 0 Å². The molecule has 4 nitrogen and oxygen atoms in total. The first kappa shape index (κ1) is 17.5. The number of nitrogens with zero attached hydrogens (tertiary/aromatic N) is 2. The number of hydrogen-bond donors (Lipinski definition) is 2. The largest absolute Gasteiger partial charge is 0.392 e. The van der Waals surface area contributed by atoms with E-state index in [1.807, 2.05) is 0 Å². The van der Waals surface area contributed by atoms with E-state index in [1.54, 1.807) is 0 Å². The lowest BCUT2D eigenvalue weighted by Crippen LogP contribution is -2.58. The predicted molar refractivity (Wildman–Crippen MR) is 99.6 cm³/mol. The minimum atomic E-state index is -0.543. The fraction of sp³-hybridized carbons (Fsp3) is 0.714. The highest BCUT2D eigenvalue weighted by Gasteiger charge is 2.42. The molecule has 3 atom stereocenters. The molecule has 1 aliphatic carbocycles. The Kier molecular flexibility index (Phi) is 4.89. The monoisotopic (exact) mass is 344 g/mol. The standard InChI is InChI=1S/C21H32N2O2/c1-16-12-22-14-20(24)11-19(22)13-23(16)15-21(25)9-7-18(8-10-21)17-5-3-2-4-6-17/h2-6,16,18-20,24-25H,7-15H2,1H3/t16-,18?,19-,20+,21?/m0/s1. The molecule has 1 saturated carbocycles. The van der Waals surface area contributed by atoms with E-state index in [0.717, 1.165) is 58.3 Å². The molecule has 3 fully saturated rings. The highest BCUT2D eigenvalue weighted by molar-refractivity contribution is 5.20. The van der Waals surface area contributed by atoms with Crippen molar-refractivity contribution in [1.82, 2.24) is 9.80 Å². The van der Waals surface area contributed by atoms with Crippen molar-refractivity contribution in [3.8, 4) is 0 Å². The topological polar surface area (TPSA) is 46.9 Å². The number of rotatable bonds is 3. The van der Waals surface area contributed by atoms with E-state index in [-0.39, 0.29) is 6.10 Å². The van der Waals surface area contributed by atoms with Gasteiger partial charge in [0.1, 0.15) is 0 Å². The van der Waals surface area contributed by atoms with Gasteiger partial charge in [0.25, 0.3) is 0 Å². The SMILES string of the molecule is C[C@H]1CN2C[C@H](O)C[C@H]2CN1CC1(O)CCC(c2ccccc2)CC1. The molecule has 0 amide bonds. The van der Waals surface area contributed by atoms with E-state index >= 15 is 0 Å². The van der Waals surface area contributed by atoms with Crippen LogP contribution >= 0.6 is 0 Å². The van der Waals surface area contributed by atoms with E-state index in [4.69, 9.17) is 0 Å². The van der Waals surface area contributed by atoms with Gasteiger partial charge in [0.15, 0.2) is 0 Å². The zero-order chi connectivity index (χ0) is 17.4. The summed E-state index contributed by atoms with van der Waals surface area (Å²) in [7, 11) is 0. The summed E-state index contributed by atoms with van der Waals surface area (Å²) in [6.45, 7) is 5.88. The van der Waals surface area contributed by atoms with Crippen molar-refractivity contribution in [3.63, 3.8) is 0 Å². The summed E-state index contributed by atoms with van der Waals surface area (Å²) in [6.07, 6.45) is 4.67. The Labute approximate surface area is 151 Å². The predicted octanol–water partition coefficient (Wildman–Crippen LogP) is 2.21. The second kappa shape index (κ2) is 6.99. The van der Waals surface area contributed by atoms with E-state index in [1.165, 1.54) is 5.56 Å². The Hall–Kier alpha value is -0.940. The molecule has 0 bridgehead atoms. The molecular weight excluding hydrogens is 312 g/mol. The van der Waals surface area contributed by atoms with Crippen LogP contribution in [0.25, 0.3) is 0 Å². The van der Waals surface area contributed by atoms with Gasteiger partial charge in [-0.2, -0.15) is 0 Å². The van der Waals surface area contributed by atoms with Gasteiger partial charge in [-0.15, -0.1) is 0 Å². The van der Waals surface area contributed by atoms with Crippen LogP contribution in [0.3, 0.4) is 0 Å². The lowest BCUT2D eigenvalue weighted by atomic mass is 9.75. The van der Waals surface area contributed by atoms with Gasteiger partial charge in [0.05, 0.1) is 11.7 Å². The Morgan fingerprint density at radius 3 is 2.52 bits per heavy atom. The molecule has 2 heterocycles. The molecular formula is C21H32N2O2. The third kappa shape index (κ3) is 3.77. The second-order valence-electron chi connectivity index (χ2n) is 8.69. The van der Waals surface area contributed by atoms with Crippen LogP contribution in [-0.4, -0.2) is 70.0 Å². The molecule has 0 aromatic heterocycles. The summed E-state index contributed by atoms with van der Waals surface area (Å²) in [6, 6.07) is 11.7. The van der Waals surface area contributed by atoms with Crippen molar-refractivity contribution < 1.29 is 10.2 Å². The van der Waals surface area contributed by atoms with Crippen molar-refractivity contribution in [2.24, 2.45) is 0 Å². The Morgan fingerprint density at radius 2 is 1.80 bits per heavy atom. The normalized spacial score (nSPS) is 40.1. The van der Waals surface area contributed by atoms with Crippen molar-refractivity contribution in [2.75, 3.05) is 26.2 Å². The minimum Gasteiger partial charge on any atom is -0.392 e. The number of aliphatic hydroxyl groups is 2. The Morgan fingerprint density at radius 1 is 1.08 bits per heavy atom. The third-order valence-corrected chi connectivity index (χ3v) is 6.76. The zero-order valence-corrected chi connectivity index (χ0v) is 15.3. The molecule has 4 heteroatoms. The molecule has 0 radical (unpaired) electrons. The maximum Gasteiger partial charge on any atom is 0.0774 e. The summed E-state index contributed by atoms with van der Waals surface area (Å²) in [5, 5.41) is 21.1. The molecule has 1 aromatic rings. The molecule has 2 saturated heterocycles. The molecule has 2 N–H and O–H groups in total. The van der Waals surface area contributed by atoms with Crippen LogP contribution in [0.15, 0.2) is 30.3 Å². The number of β-amino-alcohol motifs (C(OH)–C–C–N with tert-alkyl or cyclic N) is 1. The summed E-state index contributed by atoms with van der Waals surface area (Å²) in [5.41, 5.74) is 0.880. The number of hydrogen-bond acceptors (Lipinski definition) is 4. The first-order valence-electron chi connectivity index (χ1n) is 9.96. The Balaban J connectivity index is 1.35. The summed E-state index contributed by atoms with van der Waals surface area (Å²) < 4.78 is 0. The van der Waals surface area contributed by atoms with Gasteiger partial charge in [-0.1, -0.05) is 30.3 Å². The lowest BCUT2D eigenvalue weighted by molar-refractivity contribution is -0.0569.